The SMILES string of the molecule is c1cnnc(C2CNCCS2)c1. The van der Waals surface area contributed by atoms with Crippen LogP contribution in [0.4, 0.5) is 0 Å². The summed E-state index contributed by atoms with van der Waals surface area (Å²) in [6.07, 6.45) is 1.71. The fourth-order valence-corrected chi connectivity index (χ4v) is 2.32. The van der Waals surface area contributed by atoms with Crippen LogP contribution in [0.3, 0.4) is 0 Å². The van der Waals surface area contributed by atoms with Crippen molar-refractivity contribution in [1.82, 2.24) is 15.5 Å². The topological polar surface area (TPSA) is 37.8 Å². The average molecular weight is 181 g/mol. The van der Waals surface area contributed by atoms with Gasteiger partial charge in [0.15, 0.2) is 0 Å². The van der Waals surface area contributed by atoms with E-state index in [0.717, 1.165) is 18.8 Å². The molecule has 0 saturated carbocycles. The Morgan fingerprint density at radius 1 is 1.58 bits per heavy atom. The van der Waals surface area contributed by atoms with Gasteiger partial charge in [-0.05, 0) is 12.1 Å². The van der Waals surface area contributed by atoms with E-state index < -0.39 is 0 Å². The van der Waals surface area contributed by atoms with Crippen molar-refractivity contribution in [3.05, 3.63) is 24.0 Å². The van der Waals surface area contributed by atoms with Crippen LogP contribution in [0, 0.1) is 0 Å². The summed E-state index contributed by atoms with van der Waals surface area (Å²) in [4.78, 5) is 0. The van der Waals surface area contributed by atoms with E-state index >= 15 is 0 Å². The monoisotopic (exact) mass is 181 g/mol. The fraction of sp³-hybridized carbons (Fsp3) is 0.500. The highest BCUT2D eigenvalue weighted by Gasteiger charge is 2.16. The van der Waals surface area contributed by atoms with Crippen LogP contribution in [0.2, 0.25) is 0 Å². The molecule has 64 valence electrons. The second-order valence-electron chi connectivity index (χ2n) is 2.71. The highest BCUT2D eigenvalue weighted by Crippen LogP contribution is 2.27. The maximum absolute atomic E-state index is 4.09. The number of aromatic nitrogens is 2. The van der Waals surface area contributed by atoms with E-state index in [-0.39, 0.29) is 0 Å². The molecule has 2 heterocycles. The number of nitrogens with zero attached hydrogens (tertiary/aromatic N) is 2. The minimum Gasteiger partial charge on any atom is -0.314 e. The molecule has 1 fully saturated rings. The van der Waals surface area contributed by atoms with Gasteiger partial charge in [0.1, 0.15) is 0 Å². The van der Waals surface area contributed by atoms with E-state index in [9.17, 15) is 0 Å². The largest absolute Gasteiger partial charge is 0.314 e. The summed E-state index contributed by atoms with van der Waals surface area (Å²) in [5.74, 6) is 1.17. The maximum atomic E-state index is 4.09. The smallest absolute Gasteiger partial charge is 0.0773 e. The summed E-state index contributed by atoms with van der Waals surface area (Å²) in [5.41, 5.74) is 1.09. The van der Waals surface area contributed by atoms with Crippen molar-refractivity contribution in [3.63, 3.8) is 0 Å². The third kappa shape index (κ3) is 1.76. The first-order valence-electron chi connectivity index (χ1n) is 4.07. The van der Waals surface area contributed by atoms with Crippen LogP contribution < -0.4 is 5.32 Å². The minimum atomic E-state index is 0.493. The first-order valence-corrected chi connectivity index (χ1v) is 5.11. The number of hydrogen-bond donors (Lipinski definition) is 1. The molecule has 1 atom stereocenters. The van der Waals surface area contributed by atoms with E-state index in [1.807, 2.05) is 23.9 Å². The zero-order chi connectivity index (χ0) is 8.23. The number of thioether (sulfide) groups is 1. The number of nitrogens with one attached hydrogen (secondary N) is 1. The second kappa shape index (κ2) is 3.87. The number of rotatable bonds is 1. The lowest BCUT2D eigenvalue weighted by Crippen LogP contribution is -2.28. The van der Waals surface area contributed by atoms with Crippen molar-refractivity contribution in [2.75, 3.05) is 18.8 Å². The normalized spacial score (nSPS) is 23.8. The quantitative estimate of drug-likeness (QED) is 0.697. The summed E-state index contributed by atoms with van der Waals surface area (Å²) < 4.78 is 0. The van der Waals surface area contributed by atoms with Crippen molar-refractivity contribution in [3.8, 4) is 0 Å². The van der Waals surface area contributed by atoms with Crippen LogP contribution in [0.5, 0.6) is 0 Å². The van der Waals surface area contributed by atoms with E-state index in [4.69, 9.17) is 0 Å². The van der Waals surface area contributed by atoms with Gasteiger partial charge in [-0.1, -0.05) is 0 Å². The lowest BCUT2D eigenvalue weighted by atomic mass is 10.3. The fourth-order valence-electron chi connectivity index (χ4n) is 1.24. The molecular formula is C8H11N3S. The van der Waals surface area contributed by atoms with Crippen LogP contribution in [0.1, 0.15) is 10.9 Å². The molecule has 1 aromatic rings. The Labute approximate surface area is 76.0 Å². The molecule has 0 aromatic carbocycles. The van der Waals surface area contributed by atoms with Crippen LogP contribution in [0.25, 0.3) is 0 Å². The minimum absolute atomic E-state index is 0.493. The summed E-state index contributed by atoms with van der Waals surface area (Å²) in [5, 5.41) is 11.8. The van der Waals surface area contributed by atoms with Gasteiger partial charge >= 0.3 is 0 Å². The van der Waals surface area contributed by atoms with Crippen LogP contribution in [0.15, 0.2) is 18.3 Å². The molecule has 0 aliphatic carbocycles. The molecule has 12 heavy (non-hydrogen) atoms. The Morgan fingerprint density at radius 3 is 3.25 bits per heavy atom. The third-order valence-corrected chi connectivity index (χ3v) is 3.10. The van der Waals surface area contributed by atoms with Crippen molar-refractivity contribution >= 4 is 11.8 Å². The molecule has 0 amide bonds. The first kappa shape index (κ1) is 8.01. The van der Waals surface area contributed by atoms with Gasteiger partial charge in [-0.3, -0.25) is 0 Å². The lowest BCUT2D eigenvalue weighted by Gasteiger charge is -2.20. The van der Waals surface area contributed by atoms with Gasteiger partial charge in [0.25, 0.3) is 0 Å². The van der Waals surface area contributed by atoms with Gasteiger partial charge in [-0.15, -0.1) is 11.8 Å². The van der Waals surface area contributed by atoms with Crippen LogP contribution >= 0.6 is 11.8 Å². The molecule has 0 radical (unpaired) electrons. The molecule has 1 N–H and O–H groups in total. The van der Waals surface area contributed by atoms with E-state index in [1.54, 1.807) is 6.20 Å². The van der Waals surface area contributed by atoms with Crippen molar-refractivity contribution in [2.45, 2.75) is 5.25 Å². The van der Waals surface area contributed by atoms with Gasteiger partial charge < -0.3 is 5.32 Å². The summed E-state index contributed by atoms with van der Waals surface area (Å²) in [6.45, 7) is 2.13. The molecule has 1 unspecified atom stereocenters. The average Bonchev–Trinajstić information content (AvgIpc) is 2.21. The van der Waals surface area contributed by atoms with Crippen LogP contribution in [-0.2, 0) is 0 Å². The van der Waals surface area contributed by atoms with E-state index in [0.29, 0.717) is 5.25 Å². The zero-order valence-corrected chi connectivity index (χ0v) is 7.55. The van der Waals surface area contributed by atoms with Gasteiger partial charge in [0, 0.05) is 25.0 Å². The van der Waals surface area contributed by atoms with E-state index in [1.165, 1.54) is 5.75 Å². The Kier molecular flexibility index (Phi) is 2.58. The van der Waals surface area contributed by atoms with Crippen LogP contribution in [-0.4, -0.2) is 29.0 Å². The predicted molar refractivity (Wildman–Crippen MR) is 50.1 cm³/mol. The molecule has 2 rings (SSSR count). The first-order chi connectivity index (χ1) is 5.97. The Hall–Kier alpha value is -0.610. The van der Waals surface area contributed by atoms with Crippen molar-refractivity contribution in [2.24, 2.45) is 0 Å². The Balaban J connectivity index is 2.08. The van der Waals surface area contributed by atoms with E-state index in [2.05, 4.69) is 15.5 Å². The third-order valence-electron chi connectivity index (χ3n) is 1.85. The molecule has 1 aliphatic rings. The molecule has 3 nitrogen and oxygen atoms in total. The molecule has 1 aliphatic heterocycles. The van der Waals surface area contributed by atoms with Gasteiger partial charge in [0.05, 0.1) is 10.9 Å². The summed E-state index contributed by atoms with van der Waals surface area (Å²) in [6, 6.07) is 3.98. The van der Waals surface area contributed by atoms with Gasteiger partial charge in [-0.25, -0.2) is 0 Å². The maximum Gasteiger partial charge on any atom is 0.0773 e. The highest BCUT2D eigenvalue weighted by molar-refractivity contribution is 7.99. The summed E-state index contributed by atoms with van der Waals surface area (Å²) in [7, 11) is 0. The molecule has 1 saturated heterocycles. The standard InChI is InChI=1S/C8H11N3S/c1-2-7(11-10-3-1)8-6-9-4-5-12-8/h1-3,8-9H,4-6H2. The molecular weight excluding hydrogens is 170 g/mol. The molecule has 0 spiro atoms. The molecule has 4 heteroatoms. The number of hydrogen-bond acceptors (Lipinski definition) is 4. The second-order valence-corrected chi connectivity index (χ2v) is 4.02. The Morgan fingerprint density at radius 2 is 2.58 bits per heavy atom. The predicted octanol–water partition coefficient (Wildman–Crippen LogP) is 0.854. The van der Waals surface area contributed by atoms with Gasteiger partial charge in [0.2, 0.25) is 0 Å². The van der Waals surface area contributed by atoms with Crippen molar-refractivity contribution < 1.29 is 0 Å². The van der Waals surface area contributed by atoms with Crippen molar-refractivity contribution in [1.29, 1.82) is 0 Å². The molecule has 1 aromatic heterocycles. The lowest BCUT2D eigenvalue weighted by molar-refractivity contribution is 0.673. The summed E-state index contributed by atoms with van der Waals surface area (Å²) >= 11 is 1.95. The Bertz CT molecular complexity index is 233. The van der Waals surface area contributed by atoms with Gasteiger partial charge in [-0.2, -0.15) is 10.2 Å². The molecule has 0 bridgehead atoms. The highest BCUT2D eigenvalue weighted by atomic mass is 32.2. The zero-order valence-electron chi connectivity index (χ0n) is 6.73.